The topological polar surface area (TPSA) is 121 Å². The molecule has 37 heavy (non-hydrogen) atoms. The zero-order chi connectivity index (χ0) is 26.6. The molecule has 8 heteroatoms. The molecule has 0 aliphatic carbocycles. The number of hydrogen-bond acceptors (Lipinski definition) is 6. The van der Waals surface area contributed by atoms with Crippen molar-refractivity contribution >= 4 is 23.3 Å². The van der Waals surface area contributed by atoms with Crippen molar-refractivity contribution in [3.63, 3.8) is 0 Å². The van der Waals surface area contributed by atoms with Crippen LogP contribution in [0, 0.1) is 18.3 Å². The molecule has 3 heterocycles. The molecular weight excluding hydrogens is 464 g/mol. The first-order valence-corrected chi connectivity index (χ1v) is 11.7. The maximum absolute atomic E-state index is 13.0. The molecule has 0 saturated carbocycles. The Bertz CT molecular complexity index is 1540. The Morgan fingerprint density at radius 2 is 1.59 bits per heavy atom. The van der Waals surface area contributed by atoms with E-state index in [1.165, 1.54) is 6.92 Å². The molecule has 4 rings (SSSR count). The number of benzene rings is 1. The average molecular weight is 491 g/mol. The molecule has 0 bridgehead atoms. The number of carbonyl (C=O) groups excluding carboxylic acids is 2. The van der Waals surface area contributed by atoms with E-state index in [1.54, 1.807) is 50.6 Å². The van der Waals surface area contributed by atoms with Crippen molar-refractivity contribution in [2.75, 3.05) is 10.6 Å². The van der Waals surface area contributed by atoms with Crippen LogP contribution in [0.1, 0.15) is 42.4 Å². The molecule has 2 amide bonds. The molecule has 3 aromatic heterocycles. The van der Waals surface area contributed by atoms with E-state index < -0.39 is 5.41 Å². The summed E-state index contributed by atoms with van der Waals surface area (Å²) in [5.41, 5.74) is 5.25. The maximum atomic E-state index is 13.0. The van der Waals surface area contributed by atoms with Gasteiger partial charge in [-0.25, -0.2) is 4.98 Å². The zero-order valence-corrected chi connectivity index (χ0v) is 21.0. The lowest BCUT2D eigenvalue weighted by Gasteiger charge is -2.15. The van der Waals surface area contributed by atoms with Crippen LogP contribution in [0.5, 0.6) is 0 Å². The third kappa shape index (κ3) is 5.85. The predicted octanol–water partition coefficient (Wildman–Crippen LogP) is 5.53. The van der Waals surface area contributed by atoms with Crippen molar-refractivity contribution in [2.24, 2.45) is 0 Å². The van der Waals surface area contributed by atoms with Gasteiger partial charge >= 0.3 is 0 Å². The number of aromatic nitrogens is 3. The number of anilines is 2. The first-order chi connectivity index (χ1) is 17.7. The van der Waals surface area contributed by atoms with Gasteiger partial charge in [-0.15, -0.1) is 0 Å². The smallest absolute Gasteiger partial charge is 0.255 e. The van der Waals surface area contributed by atoms with E-state index in [2.05, 4.69) is 31.7 Å². The Kier molecular flexibility index (Phi) is 7.07. The zero-order valence-electron chi connectivity index (χ0n) is 21.0. The van der Waals surface area contributed by atoms with Crippen LogP contribution in [0.2, 0.25) is 0 Å². The van der Waals surface area contributed by atoms with Gasteiger partial charge in [-0.2, -0.15) is 5.26 Å². The normalized spacial score (nSPS) is 10.9. The van der Waals surface area contributed by atoms with E-state index >= 15 is 0 Å². The second-order valence-electron chi connectivity index (χ2n) is 9.19. The van der Waals surface area contributed by atoms with Gasteiger partial charge in [0.1, 0.15) is 5.82 Å². The number of aryl methyl sites for hydroxylation is 1. The Morgan fingerprint density at radius 1 is 0.865 bits per heavy atom. The standard InChI is InChI=1S/C29H26N6O2/c1-18-5-6-23(35-28(37)22-9-11-32-26(14-22)29(3,4)17-30)16-24(18)20-7-10-31-25(13-20)21-8-12-33-27(15-21)34-19(2)36/h5-16H,1-4H3,(H,35,37)(H,33,34,36). The molecule has 0 unspecified atom stereocenters. The van der Waals surface area contributed by atoms with Crippen molar-refractivity contribution in [3.05, 3.63) is 90.0 Å². The fourth-order valence-electron chi connectivity index (χ4n) is 3.78. The molecule has 0 spiro atoms. The summed E-state index contributed by atoms with van der Waals surface area (Å²) in [6.07, 6.45) is 4.89. The Balaban J connectivity index is 1.61. The SMILES string of the molecule is CC(=O)Nc1cc(-c2cc(-c3cc(NC(=O)c4ccnc(C(C)(C)C#N)c4)ccc3C)ccn2)ccn1. The van der Waals surface area contributed by atoms with Gasteiger partial charge in [0.05, 0.1) is 22.9 Å². The molecule has 4 aromatic rings. The number of nitrogens with one attached hydrogen (secondary N) is 2. The van der Waals surface area contributed by atoms with E-state index in [1.807, 2.05) is 43.3 Å². The monoisotopic (exact) mass is 490 g/mol. The van der Waals surface area contributed by atoms with Crippen molar-refractivity contribution in [3.8, 4) is 28.5 Å². The van der Waals surface area contributed by atoms with Gasteiger partial charge in [0, 0.05) is 42.3 Å². The van der Waals surface area contributed by atoms with Gasteiger partial charge < -0.3 is 10.6 Å². The quantitative estimate of drug-likeness (QED) is 0.367. The summed E-state index contributed by atoms with van der Waals surface area (Å²) in [7, 11) is 0. The van der Waals surface area contributed by atoms with Crippen molar-refractivity contribution < 1.29 is 9.59 Å². The van der Waals surface area contributed by atoms with E-state index in [0.29, 0.717) is 22.8 Å². The predicted molar refractivity (Wildman–Crippen MR) is 143 cm³/mol. The second-order valence-corrected chi connectivity index (χ2v) is 9.19. The number of nitrogens with zero attached hydrogens (tertiary/aromatic N) is 4. The molecule has 0 fully saturated rings. The van der Waals surface area contributed by atoms with Crippen LogP contribution in [-0.2, 0) is 10.2 Å². The van der Waals surface area contributed by atoms with E-state index in [-0.39, 0.29) is 11.8 Å². The third-order valence-electron chi connectivity index (χ3n) is 5.87. The van der Waals surface area contributed by atoms with E-state index in [4.69, 9.17) is 0 Å². The minimum absolute atomic E-state index is 0.197. The Labute approximate surface area is 215 Å². The number of rotatable bonds is 6. The lowest BCUT2D eigenvalue weighted by atomic mass is 9.90. The molecule has 0 aliphatic rings. The molecule has 0 radical (unpaired) electrons. The lowest BCUT2D eigenvalue weighted by Crippen LogP contribution is -2.18. The molecule has 2 N–H and O–H groups in total. The van der Waals surface area contributed by atoms with Crippen LogP contribution in [0.25, 0.3) is 22.4 Å². The second kappa shape index (κ2) is 10.4. The van der Waals surface area contributed by atoms with Crippen LogP contribution in [0.4, 0.5) is 11.5 Å². The Morgan fingerprint density at radius 3 is 2.35 bits per heavy atom. The largest absolute Gasteiger partial charge is 0.322 e. The average Bonchev–Trinajstić information content (AvgIpc) is 2.89. The highest BCUT2D eigenvalue weighted by molar-refractivity contribution is 6.04. The number of nitriles is 1. The summed E-state index contributed by atoms with van der Waals surface area (Å²) >= 11 is 0. The van der Waals surface area contributed by atoms with Crippen LogP contribution in [-0.4, -0.2) is 26.8 Å². The molecule has 0 atom stereocenters. The van der Waals surface area contributed by atoms with Gasteiger partial charge in [-0.3, -0.25) is 19.6 Å². The van der Waals surface area contributed by atoms with Crippen LogP contribution < -0.4 is 10.6 Å². The first kappa shape index (κ1) is 25.2. The molecule has 1 aromatic carbocycles. The summed E-state index contributed by atoms with van der Waals surface area (Å²) in [5, 5.41) is 15.0. The molecule has 184 valence electrons. The highest BCUT2D eigenvalue weighted by Gasteiger charge is 2.22. The fourth-order valence-corrected chi connectivity index (χ4v) is 3.78. The van der Waals surface area contributed by atoms with Gasteiger partial charge in [0.2, 0.25) is 5.91 Å². The Hall–Kier alpha value is -4.90. The number of hydrogen-bond donors (Lipinski definition) is 2. The fraction of sp³-hybridized carbons (Fsp3) is 0.172. The van der Waals surface area contributed by atoms with E-state index in [9.17, 15) is 14.9 Å². The van der Waals surface area contributed by atoms with Gasteiger partial charge in [0.25, 0.3) is 5.91 Å². The van der Waals surface area contributed by atoms with Gasteiger partial charge in [0.15, 0.2) is 0 Å². The molecular formula is C29H26N6O2. The maximum Gasteiger partial charge on any atom is 0.255 e. The minimum Gasteiger partial charge on any atom is -0.322 e. The number of amides is 2. The van der Waals surface area contributed by atoms with Gasteiger partial charge in [-0.05, 0) is 86.0 Å². The summed E-state index contributed by atoms with van der Waals surface area (Å²) in [5.74, 6) is -0.0296. The molecule has 8 nitrogen and oxygen atoms in total. The van der Waals surface area contributed by atoms with Crippen molar-refractivity contribution in [2.45, 2.75) is 33.1 Å². The van der Waals surface area contributed by atoms with Gasteiger partial charge in [-0.1, -0.05) is 6.07 Å². The van der Waals surface area contributed by atoms with Crippen LogP contribution >= 0.6 is 0 Å². The highest BCUT2D eigenvalue weighted by atomic mass is 16.2. The summed E-state index contributed by atoms with van der Waals surface area (Å²) < 4.78 is 0. The van der Waals surface area contributed by atoms with Crippen LogP contribution in [0.15, 0.2) is 73.2 Å². The molecule has 0 aliphatic heterocycles. The van der Waals surface area contributed by atoms with Crippen molar-refractivity contribution in [1.82, 2.24) is 15.0 Å². The number of carbonyl (C=O) groups is 2. The summed E-state index contributed by atoms with van der Waals surface area (Å²) in [4.78, 5) is 37.3. The highest BCUT2D eigenvalue weighted by Crippen LogP contribution is 2.30. The lowest BCUT2D eigenvalue weighted by molar-refractivity contribution is -0.114. The van der Waals surface area contributed by atoms with E-state index in [0.717, 1.165) is 27.9 Å². The summed E-state index contributed by atoms with van der Waals surface area (Å²) in [6, 6.07) is 18.7. The first-order valence-electron chi connectivity index (χ1n) is 11.7. The number of pyridine rings is 3. The summed E-state index contributed by atoms with van der Waals surface area (Å²) in [6.45, 7) is 6.96. The minimum atomic E-state index is -0.802. The third-order valence-corrected chi connectivity index (χ3v) is 5.87. The van der Waals surface area contributed by atoms with Crippen molar-refractivity contribution in [1.29, 1.82) is 5.26 Å². The van der Waals surface area contributed by atoms with Crippen LogP contribution in [0.3, 0.4) is 0 Å². The molecule has 0 saturated heterocycles.